The quantitative estimate of drug-likeness (QED) is 0.346. The second-order valence-corrected chi connectivity index (χ2v) is 7.45. The summed E-state index contributed by atoms with van der Waals surface area (Å²) in [5.74, 6) is 0. The van der Waals surface area contributed by atoms with Gasteiger partial charge in [0.2, 0.25) is 0 Å². The summed E-state index contributed by atoms with van der Waals surface area (Å²) in [4.78, 5) is 3.24. The Labute approximate surface area is 63.5 Å². The van der Waals surface area contributed by atoms with Gasteiger partial charge in [0.05, 0.1) is 0 Å². The van der Waals surface area contributed by atoms with Crippen LogP contribution in [0.4, 0.5) is 0 Å². The van der Waals surface area contributed by atoms with Crippen LogP contribution >= 0.6 is 0 Å². The number of hydrogen-bond acceptors (Lipinski definition) is 1. The number of hydrogen-bond donors (Lipinski definition) is 0. The summed E-state index contributed by atoms with van der Waals surface area (Å²) in [6, 6.07) is 0. The van der Waals surface area contributed by atoms with Crippen molar-refractivity contribution in [2.75, 3.05) is 0 Å². The molecule has 1 atom stereocenters. The van der Waals surface area contributed by atoms with Gasteiger partial charge in [0.15, 0.2) is 8.32 Å². The summed E-state index contributed by atoms with van der Waals surface area (Å²) >= 11 is 0. The predicted octanol–water partition coefficient (Wildman–Crippen LogP) is 2.27. The maximum atomic E-state index is 6.69. The Morgan fingerprint density at radius 2 is 2.10 bits per heavy atom. The van der Waals surface area contributed by atoms with Crippen molar-refractivity contribution in [2.24, 2.45) is 0 Å². The van der Waals surface area contributed by atoms with Gasteiger partial charge in [-0.05, 0) is 19.6 Å². The summed E-state index contributed by atoms with van der Waals surface area (Å²) < 4.78 is 5.40. The Morgan fingerprint density at radius 3 is 2.20 bits per heavy atom. The predicted molar refractivity (Wildman–Crippen MR) is 45.0 cm³/mol. The molecule has 0 aliphatic carbocycles. The smallest absolute Gasteiger partial charge is 0.338 e. The van der Waals surface area contributed by atoms with Crippen LogP contribution in [0.3, 0.4) is 0 Å². The molecule has 0 bridgehead atoms. The third-order valence-corrected chi connectivity index (χ3v) is 1.75. The minimum atomic E-state index is -1.55. The molecule has 0 N–H and O–H groups in total. The zero-order valence-corrected chi connectivity index (χ0v) is 7.72. The van der Waals surface area contributed by atoms with E-state index < -0.39 is 14.5 Å². The van der Waals surface area contributed by atoms with E-state index in [2.05, 4.69) is 31.1 Å². The first-order valence-corrected chi connectivity index (χ1v) is 6.57. The van der Waals surface area contributed by atoms with Crippen LogP contribution in [0.25, 0.3) is 4.85 Å². The fourth-order valence-corrected chi connectivity index (χ4v) is 1.36. The van der Waals surface area contributed by atoms with Crippen LogP contribution in [-0.4, -0.2) is 14.5 Å². The van der Waals surface area contributed by atoms with E-state index in [9.17, 15) is 0 Å². The van der Waals surface area contributed by atoms with Crippen molar-refractivity contribution in [3.05, 3.63) is 24.1 Å². The summed E-state index contributed by atoms with van der Waals surface area (Å²) in [5, 5.41) is 0. The van der Waals surface area contributed by atoms with Gasteiger partial charge in [-0.1, -0.05) is 6.58 Å². The van der Waals surface area contributed by atoms with Crippen molar-refractivity contribution in [1.82, 2.24) is 0 Å². The molecule has 0 radical (unpaired) electrons. The lowest BCUT2D eigenvalue weighted by Crippen LogP contribution is -2.29. The second kappa shape index (κ2) is 3.54. The van der Waals surface area contributed by atoms with Gasteiger partial charge in [-0.3, -0.25) is 4.85 Å². The second-order valence-electron chi connectivity index (χ2n) is 2.99. The molecule has 0 aromatic carbocycles. The summed E-state index contributed by atoms with van der Waals surface area (Å²) in [5.41, 5.74) is 0. The van der Waals surface area contributed by atoms with E-state index in [4.69, 9.17) is 11.0 Å². The monoisotopic (exact) mass is 155 g/mol. The average molecular weight is 155 g/mol. The molecule has 0 aromatic rings. The van der Waals surface area contributed by atoms with Crippen molar-refractivity contribution in [3.63, 3.8) is 0 Å². The van der Waals surface area contributed by atoms with Crippen LogP contribution in [0.1, 0.15) is 0 Å². The molecule has 0 saturated heterocycles. The average Bonchev–Trinajstić information content (AvgIpc) is 1.81. The summed E-state index contributed by atoms with van der Waals surface area (Å²) in [6.45, 7) is 16.3. The summed E-state index contributed by atoms with van der Waals surface area (Å²) in [7, 11) is -1.55. The van der Waals surface area contributed by atoms with Crippen LogP contribution in [0.5, 0.6) is 0 Å². The highest BCUT2D eigenvalue weighted by atomic mass is 28.4. The van der Waals surface area contributed by atoms with Gasteiger partial charge in [0.25, 0.3) is 0 Å². The highest BCUT2D eigenvalue weighted by molar-refractivity contribution is 6.69. The molecule has 1 unspecified atom stereocenters. The van der Waals surface area contributed by atoms with Crippen molar-refractivity contribution in [1.29, 1.82) is 0 Å². The van der Waals surface area contributed by atoms with E-state index in [1.54, 1.807) is 0 Å². The van der Waals surface area contributed by atoms with E-state index in [-0.39, 0.29) is 0 Å². The molecule has 0 heterocycles. The van der Waals surface area contributed by atoms with Gasteiger partial charge >= 0.3 is 6.23 Å². The van der Waals surface area contributed by atoms with E-state index in [0.29, 0.717) is 0 Å². The van der Waals surface area contributed by atoms with Crippen molar-refractivity contribution < 1.29 is 4.43 Å². The highest BCUT2D eigenvalue weighted by Crippen LogP contribution is 2.08. The molecular formula is C7H13NOSi. The largest absolute Gasteiger partial charge is 0.350 e. The molecule has 2 nitrogen and oxygen atoms in total. The maximum absolute atomic E-state index is 6.69. The minimum Gasteiger partial charge on any atom is -0.350 e. The number of nitrogens with zero attached hydrogens (tertiary/aromatic N) is 1. The van der Waals surface area contributed by atoms with Gasteiger partial charge in [0.1, 0.15) is 0 Å². The third-order valence-electron chi connectivity index (χ3n) is 0.803. The number of rotatable bonds is 3. The van der Waals surface area contributed by atoms with Gasteiger partial charge in [-0.25, -0.2) is 6.57 Å². The third kappa shape index (κ3) is 4.30. The molecule has 0 aromatic heterocycles. The molecule has 3 heteroatoms. The Hall–Kier alpha value is -0.593. The van der Waals surface area contributed by atoms with E-state index >= 15 is 0 Å². The molecule has 56 valence electrons. The van der Waals surface area contributed by atoms with Gasteiger partial charge in [-0.2, -0.15) is 0 Å². The van der Waals surface area contributed by atoms with Crippen LogP contribution in [0, 0.1) is 6.57 Å². The zero-order valence-electron chi connectivity index (χ0n) is 6.72. The first kappa shape index (κ1) is 9.41. The van der Waals surface area contributed by atoms with Crippen molar-refractivity contribution in [2.45, 2.75) is 25.9 Å². The fourth-order valence-electron chi connectivity index (χ4n) is 0.489. The van der Waals surface area contributed by atoms with Crippen molar-refractivity contribution >= 4 is 8.32 Å². The first-order chi connectivity index (χ1) is 4.49. The Bertz CT molecular complexity index is 154. The lowest BCUT2D eigenvalue weighted by atomic mass is 10.6. The first-order valence-electron chi connectivity index (χ1n) is 3.16. The fraction of sp³-hybridized carbons (Fsp3) is 0.571. The molecule has 0 spiro atoms. The molecule has 0 aliphatic heterocycles. The minimum absolute atomic E-state index is 0.438. The maximum Gasteiger partial charge on any atom is 0.338 e. The molecule has 0 aliphatic rings. The molecule has 0 fully saturated rings. The van der Waals surface area contributed by atoms with Crippen LogP contribution < -0.4 is 0 Å². The van der Waals surface area contributed by atoms with E-state index in [1.165, 1.54) is 6.08 Å². The lowest BCUT2D eigenvalue weighted by molar-refractivity contribution is 0.287. The van der Waals surface area contributed by atoms with E-state index in [1.807, 2.05) is 0 Å². The molecule has 0 amide bonds. The molecule has 0 saturated carbocycles. The lowest BCUT2D eigenvalue weighted by Gasteiger charge is -2.15. The Morgan fingerprint density at radius 1 is 1.60 bits per heavy atom. The van der Waals surface area contributed by atoms with Crippen molar-refractivity contribution in [3.8, 4) is 0 Å². The SMILES string of the molecule is [C-]#[N+]C(C=C)O[Si](C)(C)C. The topological polar surface area (TPSA) is 13.6 Å². The highest BCUT2D eigenvalue weighted by Gasteiger charge is 2.21. The van der Waals surface area contributed by atoms with Crippen LogP contribution in [0.15, 0.2) is 12.7 Å². The molecule has 0 rings (SSSR count). The van der Waals surface area contributed by atoms with E-state index in [0.717, 1.165) is 0 Å². The molecular weight excluding hydrogens is 142 g/mol. The standard InChI is InChI=1S/C7H13NOSi/c1-6-7(8-2)9-10(3,4)5/h6-7H,1H2,3-5H3. The van der Waals surface area contributed by atoms with Gasteiger partial charge < -0.3 is 4.43 Å². The van der Waals surface area contributed by atoms with Crippen LogP contribution in [-0.2, 0) is 4.43 Å². The zero-order chi connectivity index (χ0) is 8.20. The molecule has 10 heavy (non-hydrogen) atoms. The normalized spacial score (nSPS) is 13.8. The van der Waals surface area contributed by atoms with Crippen LogP contribution in [0.2, 0.25) is 19.6 Å². The Kier molecular flexibility index (Phi) is 3.33. The Balaban J connectivity index is 3.90. The van der Waals surface area contributed by atoms with Gasteiger partial charge in [-0.15, -0.1) is 0 Å². The summed E-state index contributed by atoms with van der Waals surface area (Å²) in [6.07, 6.45) is 1.09. The van der Waals surface area contributed by atoms with Gasteiger partial charge in [0, 0.05) is 6.08 Å².